The first-order valence-corrected chi connectivity index (χ1v) is 7.66. The summed E-state index contributed by atoms with van der Waals surface area (Å²) in [6.07, 6.45) is 2.26. The minimum atomic E-state index is -0.639. The fourth-order valence-electron chi connectivity index (χ4n) is 3.07. The first-order valence-electron chi connectivity index (χ1n) is 7.66. The molecule has 0 spiro atoms. The molecule has 2 aliphatic rings. The van der Waals surface area contributed by atoms with Gasteiger partial charge in [-0.1, -0.05) is 12.1 Å². The molecule has 3 N–H and O–H groups in total. The molecule has 0 saturated carbocycles. The molecule has 3 rings (SSSR count). The van der Waals surface area contributed by atoms with Crippen LogP contribution < -0.4 is 10.6 Å². The molecule has 1 amide bonds. The Bertz CT molecular complexity index is 530. The number of anilines is 2. The minimum absolute atomic E-state index is 0.120. The number of aliphatic hydroxyl groups is 1. The van der Waals surface area contributed by atoms with Crippen molar-refractivity contribution in [1.82, 2.24) is 4.90 Å². The fraction of sp³-hybridized carbons (Fsp3) is 0.562. The maximum Gasteiger partial charge on any atom is 0.246 e. The third-order valence-corrected chi connectivity index (χ3v) is 4.43. The van der Waals surface area contributed by atoms with Crippen LogP contribution in [-0.2, 0) is 4.79 Å². The molecule has 1 aromatic carbocycles. The topological polar surface area (TPSA) is 64.6 Å². The molecule has 21 heavy (non-hydrogen) atoms. The number of hydrogen-bond donors (Lipinski definition) is 3. The highest BCUT2D eigenvalue weighted by atomic mass is 16.3. The van der Waals surface area contributed by atoms with E-state index in [2.05, 4.69) is 10.6 Å². The first kappa shape index (κ1) is 14.2. The molecule has 2 unspecified atom stereocenters. The number of benzene rings is 1. The standard InChI is InChI=1S/C16H23N3O2/c1-16(21)7-4-9-19(10-8-16)15(20)14-11-17-12-5-2-3-6-13(12)18-14/h2-3,5-6,14,17-18,21H,4,7-11H2,1H3. The zero-order valence-corrected chi connectivity index (χ0v) is 12.4. The molecule has 5 heteroatoms. The number of carbonyl (C=O) groups excluding carboxylic acids is 1. The Morgan fingerprint density at radius 1 is 1.29 bits per heavy atom. The largest absolute Gasteiger partial charge is 0.390 e. The number of fused-ring (bicyclic) bond motifs is 1. The van der Waals surface area contributed by atoms with E-state index in [4.69, 9.17) is 0 Å². The van der Waals surface area contributed by atoms with Gasteiger partial charge in [-0.2, -0.15) is 0 Å². The van der Waals surface area contributed by atoms with Crippen LogP contribution in [0, 0.1) is 0 Å². The third-order valence-electron chi connectivity index (χ3n) is 4.43. The SMILES string of the molecule is CC1(O)CCCN(C(=O)C2CNc3ccccc3N2)CC1. The summed E-state index contributed by atoms with van der Waals surface area (Å²) in [7, 11) is 0. The van der Waals surface area contributed by atoms with E-state index in [1.807, 2.05) is 36.1 Å². The minimum Gasteiger partial charge on any atom is -0.390 e. The van der Waals surface area contributed by atoms with E-state index >= 15 is 0 Å². The molecule has 1 aromatic rings. The van der Waals surface area contributed by atoms with Crippen molar-refractivity contribution in [3.63, 3.8) is 0 Å². The highest BCUT2D eigenvalue weighted by Crippen LogP contribution is 2.27. The van der Waals surface area contributed by atoms with Crippen LogP contribution in [0.15, 0.2) is 24.3 Å². The van der Waals surface area contributed by atoms with Crippen LogP contribution >= 0.6 is 0 Å². The van der Waals surface area contributed by atoms with Gasteiger partial charge in [-0.3, -0.25) is 4.79 Å². The van der Waals surface area contributed by atoms with Crippen molar-refractivity contribution >= 4 is 17.3 Å². The van der Waals surface area contributed by atoms with Gasteiger partial charge in [-0.15, -0.1) is 0 Å². The Labute approximate surface area is 125 Å². The number of carbonyl (C=O) groups is 1. The van der Waals surface area contributed by atoms with Gasteiger partial charge in [-0.05, 0) is 38.3 Å². The molecular formula is C16H23N3O2. The van der Waals surface area contributed by atoms with Crippen LogP contribution in [0.5, 0.6) is 0 Å². The highest BCUT2D eigenvalue weighted by molar-refractivity contribution is 5.88. The number of para-hydroxylation sites is 2. The number of rotatable bonds is 1. The molecule has 2 aliphatic heterocycles. The molecule has 0 aromatic heterocycles. The third kappa shape index (κ3) is 3.13. The number of amides is 1. The Morgan fingerprint density at radius 3 is 2.86 bits per heavy atom. The van der Waals surface area contributed by atoms with Gasteiger partial charge in [0, 0.05) is 19.6 Å². The zero-order valence-electron chi connectivity index (χ0n) is 12.4. The number of likely N-dealkylation sites (tertiary alicyclic amines) is 1. The Hall–Kier alpha value is -1.75. The average molecular weight is 289 g/mol. The van der Waals surface area contributed by atoms with Gasteiger partial charge in [-0.25, -0.2) is 0 Å². The number of nitrogens with zero attached hydrogens (tertiary/aromatic N) is 1. The number of nitrogens with one attached hydrogen (secondary N) is 2. The van der Waals surface area contributed by atoms with Crippen molar-refractivity contribution < 1.29 is 9.90 Å². The normalized spacial score (nSPS) is 28.9. The molecule has 114 valence electrons. The van der Waals surface area contributed by atoms with Crippen molar-refractivity contribution in [2.45, 2.75) is 37.8 Å². The average Bonchev–Trinajstić information content (AvgIpc) is 2.67. The second-order valence-electron chi connectivity index (χ2n) is 6.30. The van der Waals surface area contributed by atoms with Crippen LogP contribution in [0.4, 0.5) is 11.4 Å². The predicted molar refractivity (Wildman–Crippen MR) is 83.4 cm³/mol. The second-order valence-corrected chi connectivity index (χ2v) is 6.30. The first-order chi connectivity index (χ1) is 10.1. The molecule has 0 aliphatic carbocycles. The molecule has 5 nitrogen and oxygen atoms in total. The van der Waals surface area contributed by atoms with E-state index in [0.29, 0.717) is 19.5 Å². The molecule has 1 saturated heterocycles. The van der Waals surface area contributed by atoms with Crippen molar-refractivity contribution in [3.8, 4) is 0 Å². The zero-order chi connectivity index (χ0) is 14.9. The summed E-state index contributed by atoms with van der Waals surface area (Å²) in [5.74, 6) is 0.120. The smallest absolute Gasteiger partial charge is 0.246 e. The van der Waals surface area contributed by atoms with Crippen LogP contribution in [0.1, 0.15) is 26.2 Å². The van der Waals surface area contributed by atoms with Gasteiger partial charge in [0.1, 0.15) is 6.04 Å². The summed E-state index contributed by atoms with van der Waals surface area (Å²) in [4.78, 5) is 14.6. The van der Waals surface area contributed by atoms with Gasteiger partial charge in [0.15, 0.2) is 0 Å². The lowest BCUT2D eigenvalue weighted by molar-refractivity contribution is -0.131. The lowest BCUT2D eigenvalue weighted by Gasteiger charge is -2.32. The van der Waals surface area contributed by atoms with Gasteiger partial charge in [0.25, 0.3) is 0 Å². The Kier molecular flexibility index (Phi) is 3.76. The van der Waals surface area contributed by atoms with Crippen molar-refractivity contribution in [2.75, 3.05) is 30.3 Å². The fourth-order valence-corrected chi connectivity index (χ4v) is 3.07. The molecular weight excluding hydrogens is 266 g/mol. The van der Waals surface area contributed by atoms with E-state index in [1.54, 1.807) is 0 Å². The monoisotopic (exact) mass is 289 g/mol. The molecule has 2 heterocycles. The lowest BCUT2D eigenvalue weighted by atomic mass is 9.98. The highest BCUT2D eigenvalue weighted by Gasteiger charge is 2.31. The van der Waals surface area contributed by atoms with Crippen molar-refractivity contribution in [1.29, 1.82) is 0 Å². The molecule has 0 bridgehead atoms. The van der Waals surface area contributed by atoms with Crippen LogP contribution in [0.25, 0.3) is 0 Å². The summed E-state index contributed by atoms with van der Waals surface area (Å²) >= 11 is 0. The summed E-state index contributed by atoms with van der Waals surface area (Å²) < 4.78 is 0. The molecule has 1 fully saturated rings. The van der Waals surface area contributed by atoms with E-state index in [-0.39, 0.29) is 11.9 Å². The molecule has 0 radical (unpaired) electrons. The van der Waals surface area contributed by atoms with E-state index in [0.717, 1.165) is 30.8 Å². The van der Waals surface area contributed by atoms with Crippen molar-refractivity contribution in [2.24, 2.45) is 0 Å². The maximum atomic E-state index is 12.7. The van der Waals surface area contributed by atoms with Crippen LogP contribution in [0.3, 0.4) is 0 Å². The Balaban J connectivity index is 1.66. The Morgan fingerprint density at radius 2 is 2.05 bits per heavy atom. The van der Waals surface area contributed by atoms with E-state index in [1.165, 1.54) is 0 Å². The van der Waals surface area contributed by atoms with Gasteiger partial charge in [0.05, 0.1) is 17.0 Å². The lowest BCUT2D eigenvalue weighted by Crippen LogP contribution is -2.48. The summed E-state index contributed by atoms with van der Waals surface area (Å²) in [5, 5.41) is 16.8. The van der Waals surface area contributed by atoms with Gasteiger partial charge in [0.2, 0.25) is 5.91 Å². The molecule has 2 atom stereocenters. The second kappa shape index (κ2) is 5.56. The number of hydrogen-bond acceptors (Lipinski definition) is 4. The maximum absolute atomic E-state index is 12.7. The van der Waals surface area contributed by atoms with Crippen LogP contribution in [0.2, 0.25) is 0 Å². The van der Waals surface area contributed by atoms with Crippen molar-refractivity contribution in [3.05, 3.63) is 24.3 Å². The van der Waals surface area contributed by atoms with E-state index < -0.39 is 5.60 Å². The van der Waals surface area contributed by atoms with Gasteiger partial charge < -0.3 is 20.6 Å². The quantitative estimate of drug-likeness (QED) is 0.735. The predicted octanol–water partition coefficient (Wildman–Crippen LogP) is 1.66. The summed E-state index contributed by atoms with van der Waals surface area (Å²) in [6.45, 7) is 3.82. The van der Waals surface area contributed by atoms with Crippen LogP contribution in [-0.4, -0.2) is 47.2 Å². The van der Waals surface area contributed by atoms with E-state index in [9.17, 15) is 9.90 Å². The summed E-state index contributed by atoms with van der Waals surface area (Å²) in [6, 6.07) is 7.69. The summed E-state index contributed by atoms with van der Waals surface area (Å²) in [5.41, 5.74) is 1.38. The van der Waals surface area contributed by atoms with Gasteiger partial charge >= 0.3 is 0 Å².